The van der Waals surface area contributed by atoms with Crippen molar-refractivity contribution in [3.8, 4) is 0 Å². The molecule has 2 rings (SSSR count). The second kappa shape index (κ2) is 5.74. The first-order valence-electron chi connectivity index (χ1n) is 7.61. The maximum atomic E-state index is 11.9. The molecule has 0 bridgehead atoms. The zero-order chi connectivity index (χ0) is 16.5. The van der Waals surface area contributed by atoms with Gasteiger partial charge in [0.25, 0.3) is 0 Å². The Morgan fingerprint density at radius 2 is 1.86 bits per heavy atom. The summed E-state index contributed by atoms with van der Waals surface area (Å²) in [7, 11) is 0. The maximum Gasteiger partial charge on any atom is 0.410 e. The molecule has 6 nitrogen and oxygen atoms in total. The monoisotopic (exact) mass is 306 g/mol. The number of carbonyl (C=O) groups is 1. The van der Waals surface area contributed by atoms with Gasteiger partial charge in [0.1, 0.15) is 17.7 Å². The summed E-state index contributed by atoms with van der Waals surface area (Å²) in [6.07, 6.45) is 1.32. The molecule has 0 unspecified atom stereocenters. The summed E-state index contributed by atoms with van der Waals surface area (Å²) in [6.45, 7) is 13.2. The number of hydrogen-bond acceptors (Lipinski definition) is 5. The molecular weight excluding hydrogens is 280 g/mol. The van der Waals surface area contributed by atoms with Gasteiger partial charge in [0.05, 0.1) is 11.7 Å². The molecule has 0 aliphatic carbocycles. The highest BCUT2D eigenvalue weighted by molar-refractivity contribution is 5.69. The van der Waals surface area contributed by atoms with Gasteiger partial charge in [-0.1, -0.05) is 20.8 Å². The molecule has 1 aliphatic heterocycles. The number of hydrogen-bond donors (Lipinski definition) is 1. The van der Waals surface area contributed by atoms with E-state index in [0.717, 1.165) is 11.5 Å². The van der Waals surface area contributed by atoms with Gasteiger partial charge in [-0.3, -0.25) is 0 Å². The number of ether oxygens (including phenoxy) is 1. The lowest BCUT2D eigenvalue weighted by Gasteiger charge is -2.40. The van der Waals surface area contributed by atoms with Gasteiger partial charge in [0.2, 0.25) is 0 Å². The van der Waals surface area contributed by atoms with E-state index < -0.39 is 5.60 Å². The molecule has 0 radical (unpaired) electrons. The van der Waals surface area contributed by atoms with E-state index in [1.165, 1.54) is 0 Å². The van der Waals surface area contributed by atoms with E-state index in [4.69, 9.17) is 4.74 Å². The zero-order valence-electron chi connectivity index (χ0n) is 14.3. The van der Waals surface area contributed by atoms with Crippen LogP contribution in [-0.2, 0) is 10.2 Å². The lowest BCUT2D eigenvalue weighted by atomic mass is 9.92. The third kappa shape index (κ3) is 4.32. The van der Waals surface area contributed by atoms with E-state index in [-0.39, 0.29) is 17.6 Å². The first-order valence-corrected chi connectivity index (χ1v) is 7.61. The molecule has 1 fully saturated rings. The summed E-state index contributed by atoms with van der Waals surface area (Å²) in [4.78, 5) is 22.1. The van der Waals surface area contributed by atoms with Gasteiger partial charge < -0.3 is 15.0 Å². The second-order valence-electron chi connectivity index (χ2n) is 7.77. The van der Waals surface area contributed by atoms with Crippen molar-refractivity contribution < 1.29 is 9.53 Å². The van der Waals surface area contributed by atoms with Crippen LogP contribution in [0.4, 0.5) is 10.6 Å². The quantitative estimate of drug-likeness (QED) is 0.910. The average molecular weight is 306 g/mol. The van der Waals surface area contributed by atoms with E-state index in [1.807, 2.05) is 26.8 Å². The molecular formula is C16H26N4O2. The number of likely N-dealkylation sites (tertiary alicyclic amines) is 1. The molecule has 2 heterocycles. The van der Waals surface area contributed by atoms with Crippen molar-refractivity contribution in [2.45, 2.75) is 58.6 Å². The third-order valence-electron chi connectivity index (χ3n) is 3.32. The summed E-state index contributed by atoms with van der Waals surface area (Å²) in [6, 6.07) is 2.17. The smallest absolute Gasteiger partial charge is 0.410 e. The van der Waals surface area contributed by atoms with Crippen LogP contribution in [0.2, 0.25) is 0 Å². The Balaban J connectivity index is 1.87. The van der Waals surface area contributed by atoms with E-state index in [9.17, 15) is 4.79 Å². The van der Waals surface area contributed by atoms with Gasteiger partial charge in [-0.2, -0.15) is 0 Å². The first-order chi connectivity index (χ1) is 10.0. The van der Waals surface area contributed by atoms with Gasteiger partial charge in [-0.05, 0) is 20.8 Å². The predicted molar refractivity (Wildman–Crippen MR) is 85.9 cm³/mol. The highest BCUT2D eigenvalue weighted by atomic mass is 16.6. The lowest BCUT2D eigenvalue weighted by molar-refractivity contribution is 0.0104. The van der Waals surface area contributed by atoms with Crippen LogP contribution in [0, 0.1) is 0 Å². The Morgan fingerprint density at radius 1 is 1.23 bits per heavy atom. The minimum atomic E-state index is -0.455. The molecule has 1 aromatic heterocycles. The number of carbonyl (C=O) groups excluding carboxylic acids is 1. The fourth-order valence-electron chi connectivity index (χ4n) is 2.10. The van der Waals surface area contributed by atoms with Crippen molar-refractivity contribution in [2.24, 2.45) is 0 Å². The molecule has 122 valence electrons. The normalized spacial score (nSPS) is 16.2. The van der Waals surface area contributed by atoms with Crippen LogP contribution < -0.4 is 5.32 Å². The third-order valence-corrected chi connectivity index (χ3v) is 3.32. The molecule has 0 spiro atoms. The van der Waals surface area contributed by atoms with Crippen LogP contribution in [-0.4, -0.2) is 45.7 Å². The summed E-state index contributed by atoms with van der Waals surface area (Å²) in [5, 5.41) is 3.34. The number of nitrogens with zero attached hydrogens (tertiary/aromatic N) is 3. The van der Waals surface area contributed by atoms with Crippen LogP contribution >= 0.6 is 0 Å². The van der Waals surface area contributed by atoms with Crippen LogP contribution in [0.1, 0.15) is 47.2 Å². The molecule has 1 N–H and O–H groups in total. The van der Waals surface area contributed by atoms with Crippen molar-refractivity contribution in [2.75, 3.05) is 18.4 Å². The van der Waals surface area contributed by atoms with E-state index in [2.05, 4.69) is 36.1 Å². The number of aromatic nitrogens is 2. The first kappa shape index (κ1) is 16.5. The summed E-state index contributed by atoms with van der Waals surface area (Å²) in [5.41, 5.74) is 0.527. The molecule has 1 aromatic rings. The highest BCUT2D eigenvalue weighted by Gasteiger charge is 2.33. The van der Waals surface area contributed by atoms with Gasteiger partial charge in [-0.25, -0.2) is 14.8 Å². The minimum absolute atomic E-state index is 0.0124. The molecule has 1 amide bonds. The van der Waals surface area contributed by atoms with Crippen molar-refractivity contribution >= 4 is 11.9 Å². The van der Waals surface area contributed by atoms with Gasteiger partial charge in [0.15, 0.2) is 0 Å². The Labute approximate surface area is 132 Å². The van der Waals surface area contributed by atoms with Crippen LogP contribution in [0.15, 0.2) is 12.4 Å². The molecule has 1 aliphatic rings. The Morgan fingerprint density at radius 3 is 2.41 bits per heavy atom. The minimum Gasteiger partial charge on any atom is -0.444 e. The van der Waals surface area contributed by atoms with Crippen molar-refractivity contribution in [3.63, 3.8) is 0 Å². The molecule has 1 saturated heterocycles. The van der Waals surface area contributed by atoms with Crippen LogP contribution in [0.3, 0.4) is 0 Å². The standard InChI is InChI=1S/C16H26N4O2/c1-15(2,3)12-7-13(18-10-17-12)19-11-8-20(9-11)14(21)22-16(4,5)6/h7,10-11H,8-9H2,1-6H3,(H,17,18,19). The average Bonchev–Trinajstić information content (AvgIpc) is 2.30. The van der Waals surface area contributed by atoms with Crippen molar-refractivity contribution in [3.05, 3.63) is 18.1 Å². The number of amides is 1. The highest BCUT2D eigenvalue weighted by Crippen LogP contribution is 2.23. The van der Waals surface area contributed by atoms with E-state index in [0.29, 0.717) is 13.1 Å². The number of anilines is 1. The topological polar surface area (TPSA) is 67.3 Å². The Hall–Kier alpha value is -1.85. The predicted octanol–water partition coefficient (Wildman–Crippen LogP) is 2.81. The van der Waals surface area contributed by atoms with Gasteiger partial charge >= 0.3 is 6.09 Å². The fourth-order valence-corrected chi connectivity index (χ4v) is 2.10. The molecule has 22 heavy (non-hydrogen) atoms. The summed E-state index contributed by atoms with van der Waals surface area (Å²) < 4.78 is 5.34. The lowest BCUT2D eigenvalue weighted by Crippen LogP contribution is -2.58. The van der Waals surface area contributed by atoms with Crippen LogP contribution in [0.5, 0.6) is 0 Å². The Kier molecular flexibility index (Phi) is 4.31. The fraction of sp³-hybridized carbons (Fsp3) is 0.688. The van der Waals surface area contributed by atoms with E-state index in [1.54, 1.807) is 11.2 Å². The summed E-state index contributed by atoms with van der Waals surface area (Å²) in [5.74, 6) is 0.800. The van der Waals surface area contributed by atoms with Crippen LogP contribution in [0.25, 0.3) is 0 Å². The molecule has 0 aromatic carbocycles. The number of rotatable bonds is 2. The zero-order valence-corrected chi connectivity index (χ0v) is 14.3. The largest absolute Gasteiger partial charge is 0.444 e. The summed E-state index contributed by atoms with van der Waals surface area (Å²) >= 11 is 0. The maximum absolute atomic E-state index is 11.9. The second-order valence-corrected chi connectivity index (χ2v) is 7.77. The molecule has 0 atom stereocenters. The van der Waals surface area contributed by atoms with E-state index >= 15 is 0 Å². The van der Waals surface area contributed by atoms with Gasteiger partial charge in [-0.15, -0.1) is 0 Å². The SMILES string of the molecule is CC(C)(C)OC(=O)N1CC(Nc2cc(C(C)(C)C)ncn2)C1. The van der Waals surface area contributed by atoms with Crippen molar-refractivity contribution in [1.82, 2.24) is 14.9 Å². The van der Waals surface area contributed by atoms with Gasteiger partial charge in [0, 0.05) is 24.6 Å². The molecule has 6 heteroatoms. The Bertz CT molecular complexity index is 540. The number of nitrogens with one attached hydrogen (secondary N) is 1. The molecule has 0 saturated carbocycles. The van der Waals surface area contributed by atoms with Crippen molar-refractivity contribution in [1.29, 1.82) is 0 Å².